The standard InChI is InChI=1S/C21H20O5/c1-13(22)26-18-9-5-8-17(19(18)21(24)25-2)20(23)16-11-10-14-6-3-4-7-15(14)12-16/h5,8-12H,3-4,6-7H2,1-2H3. The molecule has 1 aliphatic carbocycles. The first-order chi connectivity index (χ1) is 12.5. The first kappa shape index (κ1) is 17.9. The minimum Gasteiger partial charge on any atom is -0.465 e. The fourth-order valence-electron chi connectivity index (χ4n) is 3.30. The number of ether oxygens (including phenoxy) is 2. The van der Waals surface area contributed by atoms with Crippen LogP contribution in [0.15, 0.2) is 36.4 Å². The van der Waals surface area contributed by atoms with Crippen LogP contribution >= 0.6 is 0 Å². The number of rotatable bonds is 4. The van der Waals surface area contributed by atoms with E-state index in [0.29, 0.717) is 5.56 Å². The summed E-state index contributed by atoms with van der Waals surface area (Å²) in [5.41, 5.74) is 3.09. The molecule has 134 valence electrons. The lowest BCUT2D eigenvalue weighted by molar-refractivity contribution is -0.131. The highest BCUT2D eigenvalue weighted by molar-refractivity contribution is 6.15. The Labute approximate surface area is 151 Å². The lowest BCUT2D eigenvalue weighted by Crippen LogP contribution is -2.15. The predicted molar refractivity (Wildman–Crippen MR) is 95.6 cm³/mol. The van der Waals surface area contributed by atoms with Crippen molar-refractivity contribution in [3.05, 3.63) is 64.2 Å². The molecule has 5 nitrogen and oxygen atoms in total. The minimum atomic E-state index is -0.719. The van der Waals surface area contributed by atoms with Gasteiger partial charge in [-0.25, -0.2) is 4.79 Å². The smallest absolute Gasteiger partial charge is 0.342 e. The van der Waals surface area contributed by atoms with E-state index in [2.05, 4.69) is 0 Å². The van der Waals surface area contributed by atoms with Crippen LogP contribution in [0.1, 0.15) is 57.2 Å². The number of methoxy groups -OCH3 is 1. The second-order valence-corrected chi connectivity index (χ2v) is 6.28. The van der Waals surface area contributed by atoms with Crippen molar-refractivity contribution in [2.24, 2.45) is 0 Å². The third-order valence-electron chi connectivity index (χ3n) is 4.52. The molecule has 0 amide bonds. The summed E-state index contributed by atoms with van der Waals surface area (Å²) in [4.78, 5) is 36.6. The van der Waals surface area contributed by atoms with Gasteiger partial charge in [0, 0.05) is 18.1 Å². The summed E-state index contributed by atoms with van der Waals surface area (Å²) in [5.74, 6) is -1.57. The van der Waals surface area contributed by atoms with E-state index in [1.54, 1.807) is 18.2 Å². The number of carbonyl (C=O) groups is 3. The second-order valence-electron chi connectivity index (χ2n) is 6.28. The van der Waals surface area contributed by atoms with Gasteiger partial charge in [0.1, 0.15) is 11.3 Å². The van der Waals surface area contributed by atoms with Crippen LogP contribution in [-0.4, -0.2) is 24.8 Å². The Morgan fingerprint density at radius 1 is 0.962 bits per heavy atom. The molecule has 5 heteroatoms. The van der Waals surface area contributed by atoms with Crippen LogP contribution in [0, 0.1) is 0 Å². The summed E-state index contributed by atoms with van der Waals surface area (Å²) in [7, 11) is 1.22. The van der Waals surface area contributed by atoms with Crippen molar-refractivity contribution in [2.45, 2.75) is 32.6 Å². The molecule has 0 heterocycles. The Hall–Kier alpha value is -2.95. The highest BCUT2D eigenvalue weighted by Crippen LogP contribution is 2.28. The number of hydrogen-bond acceptors (Lipinski definition) is 5. The number of hydrogen-bond donors (Lipinski definition) is 0. The number of ketones is 1. The molecule has 2 aromatic rings. The molecule has 0 unspecified atom stereocenters. The maximum absolute atomic E-state index is 13.1. The van der Waals surface area contributed by atoms with Gasteiger partial charge < -0.3 is 9.47 Å². The number of aryl methyl sites for hydroxylation is 2. The van der Waals surface area contributed by atoms with E-state index in [1.165, 1.54) is 31.2 Å². The average Bonchev–Trinajstić information content (AvgIpc) is 2.65. The van der Waals surface area contributed by atoms with Crippen LogP contribution in [0.25, 0.3) is 0 Å². The molecule has 0 atom stereocenters. The fraction of sp³-hybridized carbons (Fsp3) is 0.286. The maximum atomic E-state index is 13.1. The van der Waals surface area contributed by atoms with Gasteiger partial charge in [0.2, 0.25) is 0 Å². The molecule has 0 aromatic heterocycles. The van der Waals surface area contributed by atoms with E-state index in [9.17, 15) is 14.4 Å². The third kappa shape index (κ3) is 3.52. The molecular weight excluding hydrogens is 332 g/mol. The molecule has 0 aliphatic heterocycles. The van der Waals surface area contributed by atoms with Crippen molar-refractivity contribution >= 4 is 17.7 Å². The first-order valence-electron chi connectivity index (χ1n) is 8.57. The average molecular weight is 352 g/mol. The second kappa shape index (κ2) is 7.52. The normalized spacial score (nSPS) is 12.8. The predicted octanol–water partition coefficient (Wildman–Crippen LogP) is 3.51. The van der Waals surface area contributed by atoms with Crippen molar-refractivity contribution in [1.82, 2.24) is 0 Å². The Morgan fingerprint density at radius 2 is 1.69 bits per heavy atom. The zero-order valence-corrected chi connectivity index (χ0v) is 14.8. The van der Waals surface area contributed by atoms with Gasteiger partial charge in [-0.3, -0.25) is 9.59 Å². The van der Waals surface area contributed by atoms with Crippen molar-refractivity contribution in [2.75, 3.05) is 7.11 Å². The lowest BCUT2D eigenvalue weighted by Gasteiger charge is -2.17. The summed E-state index contributed by atoms with van der Waals surface area (Å²) in [5, 5.41) is 0. The summed E-state index contributed by atoms with van der Waals surface area (Å²) in [6, 6.07) is 10.3. The number of fused-ring (bicyclic) bond motifs is 1. The van der Waals surface area contributed by atoms with Gasteiger partial charge in [0.15, 0.2) is 5.78 Å². The van der Waals surface area contributed by atoms with Crippen molar-refractivity contribution in [3.63, 3.8) is 0 Å². The largest absolute Gasteiger partial charge is 0.465 e. The summed E-state index contributed by atoms with van der Waals surface area (Å²) in [6.07, 6.45) is 4.25. The highest BCUT2D eigenvalue weighted by Gasteiger charge is 2.25. The van der Waals surface area contributed by atoms with Gasteiger partial charge in [-0.1, -0.05) is 18.2 Å². The zero-order chi connectivity index (χ0) is 18.7. The molecule has 0 bridgehead atoms. The van der Waals surface area contributed by atoms with Crippen molar-refractivity contribution in [3.8, 4) is 5.75 Å². The molecule has 26 heavy (non-hydrogen) atoms. The third-order valence-corrected chi connectivity index (χ3v) is 4.52. The molecule has 3 rings (SSSR count). The Morgan fingerprint density at radius 3 is 2.38 bits per heavy atom. The molecule has 0 N–H and O–H groups in total. The molecule has 2 aromatic carbocycles. The quantitative estimate of drug-likeness (QED) is 0.478. The summed E-state index contributed by atoms with van der Waals surface area (Å²) in [6.45, 7) is 1.24. The summed E-state index contributed by atoms with van der Waals surface area (Å²) >= 11 is 0. The van der Waals surface area contributed by atoms with Gasteiger partial charge in [0.05, 0.1) is 7.11 Å². The van der Waals surface area contributed by atoms with E-state index in [-0.39, 0.29) is 22.7 Å². The van der Waals surface area contributed by atoms with Gasteiger partial charge in [0.25, 0.3) is 0 Å². The highest BCUT2D eigenvalue weighted by atomic mass is 16.5. The fourth-order valence-corrected chi connectivity index (χ4v) is 3.30. The lowest BCUT2D eigenvalue weighted by atomic mass is 9.88. The Kier molecular flexibility index (Phi) is 5.16. The van der Waals surface area contributed by atoms with E-state index < -0.39 is 11.9 Å². The van der Waals surface area contributed by atoms with Gasteiger partial charge in [-0.2, -0.15) is 0 Å². The molecule has 0 saturated carbocycles. The monoisotopic (exact) mass is 352 g/mol. The summed E-state index contributed by atoms with van der Waals surface area (Å²) < 4.78 is 9.89. The topological polar surface area (TPSA) is 69.7 Å². The molecule has 1 aliphatic rings. The van der Waals surface area contributed by atoms with Crippen molar-refractivity contribution in [1.29, 1.82) is 0 Å². The van der Waals surface area contributed by atoms with Gasteiger partial charge in [-0.15, -0.1) is 0 Å². The molecule has 0 saturated heterocycles. The zero-order valence-electron chi connectivity index (χ0n) is 14.8. The van der Waals surface area contributed by atoms with Crippen LogP contribution in [0.2, 0.25) is 0 Å². The van der Waals surface area contributed by atoms with Gasteiger partial charge in [-0.05, 0) is 55.0 Å². The molecular formula is C21H20O5. The van der Waals surface area contributed by atoms with Gasteiger partial charge >= 0.3 is 11.9 Å². The van der Waals surface area contributed by atoms with E-state index in [4.69, 9.17) is 9.47 Å². The molecule has 0 fully saturated rings. The van der Waals surface area contributed by atoms with Crippen LogP contribution in [-0.2, 0) is 22.4 Å². The first-order valence-corrected chi connectivity index (χ1v) is 8.57. The van der Waals surface area contributed by atoms with Crippen LogP contribution in [0.3, 0.4) is 0 Å². The number of esters is 2. The van der Waals surface area contributed by atoms with Crippen LogP contribution < -0.4 is 4.74 Å². The Balaban J connectivity index is 2.06. The van der Waals surface area contributed by atoms with E-state index in [0.717, 1.165) is 25.7 Å². The van der Waals surface area contributed by atoms with Crippen LogP contribution in [0.5, 0.6) is 5.75 Å². The maximum Gasteiger partial charge on any atom is 0.342 e. The Bertz CT molecular complexity index is 882. The number of benzene rings is 2. The molecule has 0 radical (unpaired) electrons. The van der Waals surface area contributed by atoms with E-state index in [1.807, 2.05) is 12.1 Å². The molecule has 0 spiro atoms. The van der Waals surface area contributed by atoms with Crippen LogP contribution in [0.4, 0.5) is 0 Å². The van der Waals surface area contributed by atoms with E-state index >= 15 is 0 Å². The minimum absolute atomic E-state index is 0.0214. The SMILES string of the molecule is COC(=O)c1c(OC(C)=O)cccc1C(=O)c1ccc2c(c1)CCCC2. The van der Waals surface area contributed by atoms with Crippen molar-refractivity contribution < 1.29 is 23.9 Å². The number of carbonyl (C=O) groups excluding carboxylic acids is 3.